The van der Waals surface area contributed by atoms with Crippen molar-refractivity contribution in [1.82, 2.24) is 5.32 Å². The molecule has 2 aromatic rings. The normalized spacial score (nSPS) is 10.2. The van der Waals surface area contributed by atoms with E-state index in [9.17, 15) is 14.7 Å². The lowest BCUT2D eigenvalue weighted by Gasteiger charge is -2.11. The first-order chi connectivity index (χ1) is 11.9. The van der Waals surface area contributed by atoms with Crippen molar-refractivity contribution < 1.29 is 24.2 Å². The molecule has 0 aromatic heterocycles. The Labute approximate surface area is 146 Å². The Morgan fingerprint density at radius 3 is 2.36 bits per heavy atom. The molecule has 132 valence electrons. The largest absolute Gasteiger partial charge is 0.496 e. The fraction of sp³-hybridized carbons (Fsp3) is 0.263. The van der Waals surface area contributed by atoms with Gasteiger partial charge in [-0.15, -0.1) is 0 Å². The van der Waals surface area contributed by atoms with Gasteiger partial charge in [-0.25, -0.2) is 4.79 Å². The van der Waals surface area contributed by atoms with Crippen molar-refractivity contribution in [3.63, 3.8) is 0 Å². The summed E-state index contributed by atoms with van der Waals surface area (Å²) in [5.74, 6) is -0.295. The number of aromatic carboxylic acids is 1. The number of aryl methyl sites for hydroxylation is 1. The summed E-state index contributed by atoms with van der Waals surface area (Å²) in [6.45, 7) is 2.18. The number of amides is 1. The number of ether oxygens (including phenoxy) is 2. The van der Waals surface area contributed by atoms with E-state index in [1.165, 1.54) is 13.2 Å². The quantitative estimate of drug-likeness (QED) is 0.807. The lowest BCUT2D eigenvalue weighted by Crippen LogP contribution is -2.25. The predicted octanol–water partition coefficient (Wildman–Crippen LogP) is 2.57. The molecule has 0 atom stereocenters. The van der Waals surface area contributed by atoms with E-state index >= 15 is 0 Å². The van der Waals surface area contributed by atoms with Gasteiger partial charge in [-0.1, -0.05) is 23.8 Å². The number of rotatable bonds is 7. The molecule has 0 saturated heterocycles. The number of carbonyl (C=O) groups excluding carboxylic acids is 1. The number of methoxy groups -OCH3 is 2. The molecule has 0 bridgehead atoms. The molecule has 0 aliphatic heterocycles. The van der Waals surface area contributed by atoms with E-state index < -0.39 is 5.97 Å². The molecule has 2 aromatic carbocycles. The van der Waals surface area contributed by atoms with Crippen LogP contribution in [0.1, 0.15) is 27.0 Å². The molecule has 0 heterocycles. The summed E-state index contributed by atoms with van der Waals surface area (Å²) in [5.41, 5.74) is 2.60. The lowest BCUT2D eigenvalue weighted by molar-refractivity contribution is -0.120. The maximum Gasteiger partial charge on any atom is 0.339 e. The first-order valence-corrected chi connectivity index (χ1v) is 7.75. The second-order valence-electron chi connectivity index (χ2n) is 5.61. The second kappa shape index (κ2) is 8.19. The molecule has 1 amide bonds. The van der Waals surface area contributed by atoms with Gasteiger partial charge in [0.05, 0.1) is 20.6 Å². The maximum absolute atomic E-state index is 12.2. The monoisotopic (exact) mass is 343 g/mol. The summed E-state index contributed by atoms with van der Waals surface area (Å²) in [4.78, 5) is 23.4. The number of carbonyl (C=O) groups is 2. The Kier molecular flexibility index (Phi) is 6.00. The topological polar surface area (TPSA) is 84.9 Å². The van der Waals surface area contributed by atoms with Crippen LogP contribution in [0.5, 0.6) is 11.5 Å². The molecule has 0 aliphatic carbocycles. The highest BCUT2D eigenvalue weighted by Crippen LogP contribution is 2.21. The van der Waals surface area contributed by atoms with Gasteiger partial charge >= 0.3 is 5.97 Å². The third-order valence-corrected chi connectivity index (χ3v) is 3.77. The van der Waals surface area contributed by atoms with Crippen LogP contribution >= 0.6 is 0 Å². The molecular formula is C19H21NO5. The van der Waals surface area contributed by atoms with Gasteiger partial charge in [0.1, 0.15) is 17.1 Å². The van der Waals surface area contributed by atoms with Crippen LogP contribution in [0, 0.1) is 6.92 Å². The molecule has 0 spiro atoms. The first kappa shape index (κ1) is 18.3. The maximum atomic E-state index is 12.2. The third kappa shape index (κ3) is 4.73. The zero-order valence-corrected chi connectivity index (χ0v) is 14.5. The molecule has 0 fully saturated rings. The summed E-state index contributed by atoms with van der Waals surface area (Å²) in [6.07, 6.45) is 0.187. The number of nitrogens with one attached hydrogen (secondary N) is 1. The number of hydrogen-bond donors (Lipinski definition) is 2. The summed E-state index contributed by atoms with van der Waals surface area (Å²) < 4.78 is 10.3. The van der Waals surface area contributed by atoms with Crippen molar-refractivity contribution in [2.75, 3.05) is 14.2 Å². The van der Waals surface area contributed by atoms with Gasteiger partial charge < -0.3 is 19.9 Å². The van der Waals surface area contributed by atoms with Crippen LogP contribution in [0.3, 0.4) is 0 Å². The van der Waals surface area contributed by atoms with E-state index in [1.807, 2.05) is 25.1 Å². The SMILES string of the molecule is COc1ccc(C)cc1CC(=O)NCc1ccc(OC)c(C(=O)O)c1. The number of hydrogen-bond acceptors (Lipinski definition) is 4. The van der Waals surface area contributed by atoms with Crippen molar-refractivity contribution in [3.05, 3.63) is 58.7 Å². The highest BCUT2D eigenvalue weighted by atomic mass is 16.5. The molecular weight excluding hydrogens is 322 g/mol. The fourth-order valence-corrected chi connectivity index (χ4v) is 2.51. The van der Waals surface area contributed by atoms with Gasteiger partial charge in [0, 0.05) is 12.1 Å². The number of carboxylic acid groups (broad SMARTS) is 1. The third-order valence-electron chi connectivity index (χ3n) is 3.77. The average Bonchev–Trinajstić information content (AvgIpc) is 2.60. The van der Waals surface area contributed by atoms with Crippen molar-refractivity contribution in [2.24, 2.45) is 0 Å². The van der Waals surface area contributed by atoms with Gasteiger partial charge in [-0.05, 0) is 30.7 Å². The zero-order chi connectivity index (χ0) is 18.4. The Balaban J connectivity index is 2.04. The molecule has 0 aliphatic rings. The summed E-state index contributed by atoms with van der Waals surface area (Å²) in [7, 11) is 2.98. The smallest absolute Gasteiger partial charge is 0.339 e. The molecule has 6 nitrogen and oxygen atoms in total. The minimum atomic E-state index is -1.07. The van der Waals surface area contributed by atoms with E-state index in [2.05, 4.69) is 5.32 Å². The fourth-order valence-electron chi connectivity index (χ4n) is 2.51. The van der Waals surface area contributed by atoms with E-state index in [1.54, 1.807) is 19.2 Å². The van der Waals surface area contributed by atoms with E-state index in [0.29, 0.717) is 11.3 Å². The van der Waals surface area contributed by atoms with Crippen LogP contribution in [0.15, 0.2) is 36.4 Å². The molecule has 0 unspecified atom stereocenters. The van der Waals surface area contributed by atoms with Crippen molar-refractivity contribution in [3.8, 4) is 11.5 Å². The Bertz CT molecular complexity index is 785. The Morgan fingerprint density at radius 1 is 1.04 bits per heavy atom. The van der Waals surface area contributed by atoms with Crippen LogP contribution < -0.4 is 14.8 Å². The van der Waals surface area contributed by atoms with Crippen LogP contribution in [-0.4, -0.2) is 31.2 Å². The van der Waals surface area contributed by atoms with Crippen LogP contribution in [0.4, 0.5) is 0 Å². The van der Waals surface area contributed by atoms with E-state index in [-0.39, 0.29) is 30.2 Å². The number of carboxylic acids is 1. The Morgan fingerprint density at radius 2 is 1.72 bits per heavy atom. The first-order valence-electron chi connectivity index (χ1n) is 7.75. The highest BCUT2D eigenvalue weighted by Gasteiger charge is 2.13. The standard InChI is InChI=1S/C19H21NO5/c1-12-4-6-16(24-2)14(8-12)10-18(21)20-11-13-5-7-17(25-3)15(9-13)19(22)23/h4-9H,10-11H2,1-3H3,(H,20,21)(H,22,23). The van der Waals surface area contributed by atoms with Crippen molar-refractivity contribution in [2.45, 2.75) is 19.9 Å². The summed E-state index contributed by atoms with van der Waals surface area (Å²) in [6, 6.07) is 10.5. The lowest BCUT2D eigenvalue weighted by atomic mass is 10.1. The van der Waals surface area contributed by atoms with E-state index in [4.69, 9.17) is 9.47 Å². The van der Waals surface area contributed by atoms with Crippen LogP contribution in [0.2, 0.25) is 0 Å². The van der Waals surface area contributed by atoms with Gasteiger partial charge in [0.25, 0.3) is 0 Å². The molecule has 0 radical (unpaired) electrons. The molecule has 6 heteroatoms. The molecule has 0 saturated carbocycles. The van der Waals surface area contributed by atoms with E-state index in [0.717, 1.165) is 11.1 Å². The molecule has 2 rings (SSSR count). The Hall–Kier alpha value is -3.02. The number of benzene rings is 2. The molecule has 25 heavy (non-hydrogen) atoms. The van der Waals surface area contributed by atoms with Crippen molar-refractivity contribution >= 4 is 11.9 Å². The van der Waals surface area contributed by atoms with Gasteiger partial charge in [-0.2, -0.15) is 0 Å². The summed E-state index contributed by atoms with van der Waals surface area (Å²) in [5, 5.41) is 12.0. The van der Waals surface area contributed by atoms with Crippen molar-refractivity contribution in [1.29, 1.82) is 0 Å². The van der Waals surface area contributed by atoms with Crippen LogP contribution in [-0.2, 0) is 17.8 Å². The predicted molar refractivity (Wildman–Crippen MR) is 93.2 cm³/mol. The van der Waals surface area contributed by atoms with Gasteiger partial charge in [0.2, 0.25) is 5.91 Å². The second-order valence-corrected chi connectivity index (χ2v) is 5.61. The minimum Gasteiger partial charge on any atom is -0.496 e. The zero-order valence-electron chi connectivity index (χ0n) is 14.5. The molecule has 2 N–H and O–H groups in total. The van der Waals surface area contributed by atoms with Gasteiger partial charge in [0.15, 0.2) is 0 Å². The average molecular weight is 343 g/mol. The van der Waals surface area contributed by atoms with Crippen LogP contribution in [0.25, 0.3) is 0 Å². The van der Waals surface area contributed by atoms with Gasteiger partial charge in [-0.3, -0.25) is 4.79 Å². The summed E-state index contributed by atoms with van der Waals surface area (Å²) >= 11 is 0. The highest BCUT2D eigenvalue weighted by molar-refractivity contribution is 5.91. The minimum absolute atomic E-state index is 0.0644.